The summed E-state index contributed by atoms with van der Waals surface area (Å²) in [6, 6.07) is 7.92. The van der Waals surface area contributed by atoms with Crippen LogP contribution in [0.25, 0.3) is 0 Å². The van der Waals surface area contributed by atoms with Crippen LogP contribution in [0.2, 0.25) is 0 Å². The van der Waals surface area contributed by atoms with Gasteiger partial charge in [0, 0.05) is 36.8 Å². The Balaban J connectivity index is 1.35. The molecule has 0 spiro atoms. The van der Waals surface area contributed by atoms with E-state index in [1.165, 1.54) is 6.92 Å². The van der Waals surface area contributed by atoms with Gasteiger partial charge in [-0.2, -0.15) is 22.0 Å². The van der Waals surface area contributed by atoms with Gasteiger partial charge >= 0.3 is 12.1 Å². The number of halogens is 5. The minimum absolute atomic E-state index is 0.0208. The lowest BCUT2D eigenvalue weighted by atomic mass is 9.50. The molecule has 6 rings (SSSR count). The van der Waals surface area contributed by atoms with E-state index in [4.69, 9.17) is 4.74 Å². The van der Waals surface area contributed by atoms with Crippen molar-refractivity contribution in [3.63, 3.8) is 0 Å². The van der Waals surface area contributed by atoms with E-state index in [2.05, 4.69) is 11.4 Å². The topological polar surface area (TPSA) is 58.6 Å². The molecule has 4 nitrogen and oxygen atoms in total. The van der Waals surface area contributed by atoms with Gasteiger partial charge in [-0.1, -0.05) is 48.9 Å². The van der Waals surface area contributed by atoms with Gasteiger partial charge in [-0.15, -0.1) is 0 Å². The smallest absolute Gasteiger partial charge is 0.456 e. The van der Waals surface area contributed by atoms with Gasteiger partial charge in [0.25, 0.3) is 0 Å². The molecule has 5 aliphatic rings. The SMILES string of the molecule is COC1=CC=CC(NCc2ccc([C@H]3C[C@@]4(C)C(CC[C@@]4(O)C(F)(F)C(F)(F)F)C4CCC5=CC(=O)CCC5=C43)cc2)C1. The summed E-state index contributed by atoms with van der Waals surface area (Å²) < 4.78 is 77.1. The van der Waals surface area contributed by atoms with Gasteiger partial charge in [0.1, 0.15) is 5.60 Å². The Bertz CT molecular complexity index is 1410. The fraction of sp³-hybridized carbons (Fsp3) is 0.559. The van der Waals surface area contributed by atoms with Crippen LogP contribution in [0, 0.1) is 17.3 Å². The molecule has 0 aromatic heterocycles. The molecule has 2 N–H and O–H groups in total. The summed E-state index contributed by atoms with van der Waals surface area (Å²) in [6.07, 6.45) is 4.04. The van der Waals surface area contributed by atoms with E-state index >= 15 is 8.78 Å². The molecule has 1 aromatic rings. The summed E-state index contributed by atoms with van der Waals surface area (Å²) in [5, 5.41) is 14.9. The molecule has 2 saturated carbocycles. The molecule has 232 valence electrons. The Morgan fingerprint density at radius 2 is 1.81 bits per heavy atom. The zero-order valence-electron chi connectivity index (χ0n) is 24.4. The number of ether oxygens (including phenoxy) is 1. The standard InChI is InChI=1S/C34H38F5NO3/c1-31-18-28(21-8-6-20(7-9-21)19-40-23-4-3-5-25(17-23)43-2)30-26-13-11-24(41)16-22(26)10-12-27(30)29(31)14-15-32(31,42)33(35,36)34(37,38)39/h3-9,16,23,27-29,40,42H,10-15,17-19H2,1-2H3/t23?,27?,28-,29?,31+,32+/m1/s1. The lowest BCUT2D eigenvalue weighted by Crippen LogP contribution is -2.65. The average Bonchev–Trinajstić information content (AvgIpc) is 3.26. The first-order chi connectivity index (χ1) is 20.3. The van der Waals surface area contributed by atoms with Crippen molar-refractivity contribution in [2.75, 3.05) is 7.11 Å². The maximum Gasteiger partial charge on any atom is 0.456 e. The highest BCUT2D eigenvalue weighted by molar-refractivity contribution is 5.93. The van der Waals surface area contributed by atoms with E-state index in [0.717, 1.165) is 40.0 Å². The summed E-state index contributed by atoms with van der Waals surface area (Å²) in [5.41, 5.74) is 0.0897. The van der Waals surface area contributed by atoms with Crippen LogP contribution in [0.4, 0.5) is 22.0 Å². The largest absolute Gasteiger partial charge is 0.501 e. The first kappa shape index (κ1) is 30.3. The third-order valence-electron chi connectivity index (χ3n) is 11.0. The van der Waals surface area contributed by atoms with Gasteiger partial charge in [0.2, 0.25) is 0 Å². The first-order valence-electron chi connectivity index (χ1n) is 15.2. The van der Waals surface area contributed by atoms with Gasteiger partial charge in [-0.3, -0.25) is 4.79 Å². The van der Waals surface area contributed by atoms with Crippen LogP contribution in [0.3, 0.4) is 0 Å². The number of carbonyl (C=O) groups excluding carboxylic acids is 1. The molecular formula is C34H38F5NO3. The molecule has 0 radical (unpaired) electrons. The highest BCUT2D eigenvalue weighted by atomic mass is 19.4. The molecule has 5 aliphatic carbocycles. The van der Waals surface area contributed by atoms with Crippen LogP contribution in [0.1, 0.15) is 75.3 Å². The minimum Gasteiger partial charge on any atom is -0.501 e. The predicted octanol–water partition coefficient (Wildman–Crippen LogP) is 7.46. The van der Waals surface area contributed by atoms with Crippen molar-refractivity contribution in [2.45, 2.75) is 94.5 Å². The quantitative estimate of drug-likeness (QED) is 0.332. The number of hydrogen-bond acceptors (Lipinski definition) is 4. The predicted molar refractivity (Wildman–Crippen MR) is 152 cm³/mol. The number of rotatable bonds is 6. The number of fused-ring (bicyclic) bond motifs is 4. The number of hydrogen-bond donors (Lipinski definition) is 2. The third kappa shape index (κ3) is 4.82. The molecule has 43 heavy (non-hydrogen) atoms. The molecule has 0 saturated heterocycles. The summed E-state index contributed by atoms with van der Waals surface area (Å²) >= 11 is 0. The number of benzene rings is 1. The van der Waals surface area contributed by atoms with E-state index in [9.17, 15) is 23.1 Å². The Kier molecular flexibility index (Phi) is 7.52. The number of ketones is 1. The second-order valence-electron chi connectivity index (χ2n) is 13.1. The van der Waals surface area contributed by atoms with E-state index in [-0.39, 0.29) is 30.6 Å². The molecule has 0 amide bonds. The second kappa shape index (κ2) is 10.7. The van der Waals surface area contributed by atoms with Crippen LogP contribution in [0.5, 0.6) is 0 Å². The van der Waals surface area contributed by atoms with Crippen LogP contribution in [0.15, 0.2) is 71.0 Å². The van der Waals surface area contributed by atoms with E-state index in [1.54, 1.807) is 13.2 Å². The molecule has 3 unspecified atom stereocenters. The van der Waals surface area contributed by atoms with Crippen molar-refractivity contribution >= 4 is 5.78 Å². The lowest BCUT2D eigenvalue weighted by Gasteiger charge is -2.56. The molecule has 2 fully saturated rings. The zero-order valence-corrected chi connectivity index (χ0v) is 24.4. The van der Waals surface area contributed by atoms with Crippen molar-refractivity contribution in [1.29, 1.82) is 0 Å². The van der Waals surface area contributed by atoms with Crippen LogP contribution in [-0.2, 0) is 16.1 Å². The summed E-state index contributed by atoms with van der Waals surface area (Å²) in [4.78, 5) is 12.3. The van der Waals surface area contributed by atoms with Crippen LogP contribution in [-0.4, -0.2) is 41.7 Å². The molecular weight excluding hydrogens is 565 g/mol. The zero-order chi connectivity index (χ0) is 30.8. The Morgan fingerprint density at radius 3 is 2.51 bits per heavy atom. The highest BCUT2D eigenvalue weighted by Gasteiger charge is 2.79. The van der Waals surface area contributed by atoms with Crippen LogP contribution >= 0.6 is 0 Å². The number of nitrogens with one attached hydrogen (secondary N) is 1. The van der Waals surface area contributed by atoms with Crippen molar-refractivity contribution in [1.82, 2.24) is 5.32 Å². The van der Waals surface area contributed by atoms with Crippen molar-refractivity contribution in [3.8, 4) is 0 Å². The molecule has 0 heterocycles. The fourth-order valence-electron chi connectivity index (χ4n) is 8.77. The van der Waals surface area contributed by atoms with Gasteiger partial charge in [-0.05, 0) is 84.8 Å². The Hall–Kier alpha value is -2.78. The van der Waals surface area contributed by atoms with E-state index < -0.39 is 41.4 Å². The maximum absolute atomic E-state index is 15.2. The molecule has 0 aliphatic heterocycles. The number of allylic oxidation sites excluding steroid dienone is 6. The van der Waals surface area contributed by atoms with E-state index in [0.29, 0.717) is 32.2 Å². The normalized spacial score (nSPS) is 34.3. The Morgan fingerprint density at radius 1 is 1.07 bits per heavy atom. The number of carbonyl (C=O) groups is 1. The van der Waals surface area contributed by atoms with Gasteiger partial charge in [0.15, 0.2) is 5.78 Å². The fourth-order valence-corrected chi connectivity index (χ4v) is 8.77. The molecule has 1 aromatic carbocycles. The van der Waals surface area contributed by atoms with Crippen molar-refractivity contribution in [3.05, 3.63) is 82.2 Å². The summed E-state index contributed by atoms with van der Waals surface area (Å²) in [7, 11) is 1.64. The second-order valence-corrected chi connectivity index (χ2v) is 13.1. The number of aliphatic hydroxyl groups is 1. The number of alkyl halides is 5. The summed E-state index contributed by atoms with van der Waals surface area (Å²) in [5.74, 6) is -5.48. The van der Waals surface area contributed by atoms with Crippen molar-refractivity contribution in [2.24, 2.45) is 17.3 Å². The molecule has 9 heteroatoms. The van der Waals surface area contributed by atoms with Crippen LogP contribution < -0.4 is 5.32 Å². The Labute approximate surface area is 248 Å². The highest BCUT2D eigenvalue weighted by Crippen LogP contribution is 2.70. The first-order valence-corrected chi connectivity index (χ1v) is 15.2. The summed E-state index contributed by atoms with van der Waals surface area (Å²) in [6.45, 7) is 2.03. The average molecular weight is 604 g/mol. The molecule has 6 atom stereocenters. The van der Waals surface area contributed by atoms with Crippen molar-refractivity contribution < 1.29 is 36.6 Å². The van der Waals surface area contributed by atoms with E-state index in [1.807, 2.05) is 36.4 Å². The molecule has 0 bridgehead atoms. The monoisotopic (exact) mass is 603 g/mol. The van der Waals surface area contributed by atoms with Gasteiger partial charge in [-0.25, -0.2) is 0 Å². The maximum atomic E-state index is 15.2. The third-order valence-corrected chi connectivity index (χ3v) is 11.0. The minimum atomic E-state index is -5.86. The van der Waals surface area contributed by atoms with Gasteiger partial charge < -0.3 is 15.2 Å². The lowest BCUT2D eigenvalue weighted by molar-refractivity contribution is -0.362. The number of methoxy groups -OCH3 is 1. The van der Waals surface area contributed by atoms with Gasteiger partial charge in [0.05, 0.1) is 12.9 Å².